The number of rotatable bonds is 7. The van der Waals surface area contributed by atoms with Crippen molar-refractivity contribution in [3.63, 3.8) is 0 Å². The van der Waals surface area contributed by atoms with E-state index in [0.29, 0.717) is 18.4 Å². The summed E-state index contributed by atoms with van der Waals surface area (Å²) in [6.07, 6.45) is 0.106. The molecule has 1 fully saturated rings. The van der Waals surface area contributed by atoms with Gasteiger partial charge in [0.05, 0.1) is 5.60 Å². The highest BCUT2D eigenvalue weighted by Gasteiger charge is 2.40. The molecule has 0 amide bonds. The molecular weight excluding hydrogens is 267 g/mol. The van der Waals surface area contributed by atoms with Crippen LogP contribution in [0, 0.1) is 11.8 Å². The Balaban J connectivity index is 2.57. The molecule has 0 aromatic rings. The summed E-state index contributed by atoms with van der Waals surface area (Å²) in [5, 5.41) is 3.23. The van der Waals surface area contributed by atoms with Gasteiger partial charge in [-0.1, -0.05) is 20.8 Å². The van der Waals surface area contributed by atoms with E-state index in [4.69, 9.17) is 4.74 Å². The lowest BCUT2D eigenvalue weighted by molar-refractivity contribution is -0.212. The van der Waals surface area contributed by atoms with Gasteiger partial charge in [0.2, 0.25) is 0 Å². The Bertz CT molecular complexity index is 271. The van der Waals surface area contributed by atoms with Crippen LogP contribution in [-0.2, 0) is 4.74 Å². The van der Waals surface area contributed by atoms with Crippen molar-refractivity contribution in [2.45, 2.75) is 64.7 Å². The molecule has 0 aromatic carbocycles. The summed E-state index contributed by atoms with van der Waals surface area (Å²) < 4.78 is 42.6. The molecule has 0 radical (unpaired) electrons. The number of alkyl halides is 3. The second kappa shape index (κ2) is 7.64. The van der Waals surface area contributed by atoms with Crippen molar-refractivity contribution in [2.24, 2.45) is 11.8 Å². The highest BCUT2D eigenvalue weighted by molar-refractivity contribution is 4.90. The Morgan fingerprint density at radius 3 is 2.30 bits per heavy atom. The monoisotopic (exact) mass is 295 g/mol. The largest absolute Gasteiger partial charge is 0.411 e. The Kier molecular flexibility index (Phi) is 6.79. The first kappa shape index (κ1) is 17.8. The summed E-state index contributed by atoms with van der Waals surface area (Å²) in [5.41, 5.74) is -0.629. The van der Waals surface area contributed by atoms with E-state index in [1.54, 1.807) is 0 Å². The minimum atomic E-state index is -4.24. The van der Waals surface area contributed by atoms with Gasteiger partial charge >= 0.3 is 6.18 Å². The fraction of sp³-hybridized carbons (Fsp3) is 1.00. The molecule has 0 bridgehead atoms. The van der Waals surface area contributed by atoms with Crippen molar-refractivity contribution in [3.8, 4) is 0 Å². The van der Waals surface area contributed by atoms with Gasteiger partial charge < -0.3 is 10.1 Å². The molecular formula is C15H28F3NO. The fourth-order valence-electron chi connectivity index (χ4n) is 2.93. The van der Waals surface area contributed by atoms with Crippen molar-refractivity contribution in [3.05, 3.63) is 0 Å². The third-order valence-corrected chi connectivity index (χ3v) is 4.30. The van der Waals surface area contributed by atoms with E-state index in [9.17, 15) is 13.2 Å². The molecule has 0 aromatic heterocycles. The van der Waals surface area contributed by atoms with Crippen LogP contribution in [0.25, 0.3) is 0 Å². The van der Waals surface area contributed by atoms with E-state index in [2.05, 4.69) is 19.2 Å². The molecule has 1 rings (SSSR count). The fourth-order valence-corrected chi connectivity index (χ4v) is 2.93. The van der Waals surface area contributed by atoms with Crippen LogP contribution in [0.5, 0.6) is 0 Å². The first-order chi connectivity index (χ1) is 9.28. The van der Waals surface area contributed by atoms with Gasteiger partial charge in [-0.25, -0.2) is 0 Å². The molecule has 0 spiro atoms. The lowest BCUT2D eigenvalue weighted by Gasteiger charge is -2.41. The molecule has 1 N–H and O–H groups in total. The van der Waals surface area contributed by atoms with E-state index in [-0.39, 0.29) is 0 Å². The zero-order chi connectivity index (χ0) is 15.2. The average molecular weight is 295 g/mol. The van der Waals surface area contributed by atoms with Gasteiger partial charge in [0.25, 0.3) is 0 Å². The molecule has 2 nitrogen and oxygen atoms in total. The minimum Gasteiger partial charge on any atom is -0.364 e. The lowest BCUT2D eigenvalue weighted by Crippen LogP contribution is -2.48. The second-order valence-corrected chi connectivity index (χ2v) is 6.35. The Hall–Kier alpha value is -0.290. The Morgan fingerprint density at radius 1 is 1.25 bits per heavy atom. The van der Waals surface area contributed by atoms with E-state index < -0.39 is 18.4 Å². The van der Waals surface area contributed by atoms with Gasteiger partial charge in [-0.3, -0.25) is 0 Å². The molecule has 5 heteroatoms. The SMILES string of the molecule is CCCNCC1(OCC(F)(F)F)CCC(C(C)C)CC1. The molecule has 0 aliphatic heterocycles. The maximum absolute atomic E-state index is 12.4. The van der Waals surface area contributed by atoms with Crippen molar-refractivity contribution in [1.29, 1.82) is 0 Å². The van der Waals surface area contributed by atoms with Crippen LogP contribution in [0.3, 0.4) is 0 Å². The average Bonchev–Trinajstić information content (AvgIpc) is 2.37. The van der Waals surface area contributed by atoms with E-state index in [1.807, 2.05) is 6.92 Å². The molecule has 0 atom stereocenters. The van der Waals surface area contributed by atoms with Gasteiger partial charge in [0.15, 0.2) is 0 Å². The van der Waals surface area contributed by atoms with Gasteiger partial charge in [-0.15, -0.1) is 0 Å². The van der Waals surface area contributed by atoms with Gasteiger partial charge in [0, 0.05) is 6.54 Å². The van der Waals surface area contributed by atoms with Gasteiger partial charge in [-0.05, 0) is 50.5 Å². The topological polar surface area (TPSA) is 21.3 Å². The van der Waals surface area contributed by atoms with E-state index in [0.717, 1.165) is 38.6 Å². The van der Waals surface area contributed by atoms with Crippen LogP contribution >= 0.6 is 0 Å². The van der Waals surface area contributed by atoms with Crippen LogP contribution < -0.4 is 5.32 Å². The van der Waals surface area contributed by atoms with E-state index >= 15 is 0 Å². The van der Waals surface area contributed by atoms with E-state index in [1.165, 1.54) is 0 Å². The summed E-state index contributed by atoms with van der Waals surface area (Å²) in [6, 6.07) is 0. The standard InChI is InChI=1S/C15H28F3NO/c1-4-9-19-10-14(20-11-15(16,17)18)7-5-13(6-8-14)12(2)3/h12-13,19H,4-11H2,1-3H3. The third kappa shape index (κ3) is 6.00. The first-order valence-electron chi connectivity index (χ1n) is 7.69. The first-order valence-corrected chi connectivity index (χ1v) is 7.69. The quantitative estimate of drug-likeness (QED) is 0.712. The smallest absolute Gasteiger partial charge is 0.364 e. The van der Waals surface area contributed by atoms with Crippen LogP contribution in [0.15, 0.2) is 0 Å². The Labute approximate surface area is 120 Å². The van der Waals surface area contributed by atoms with Crippen LogP contribution in [0.1, 0.15) is 52.9 Å². The summed E-state index contributed by atoms with van der Waals surface area (Å²) in [4.78, 5) is 0. The molecule has 1 aliphatic rings. The summed E-state index contributed by atoms with van der Waals surface area (Å²) >= 11 is 0. The molecule has 1 saturated carbocycles. The van der Waals surface area contributed by atoms with Crippen molar-refractivity contribution >= 4 is 0 Å². The summed E-state index contributed by atoms with van der Waals surface area (Å²) in [5.74, 6) is 1.21. The predicted molar refractivity (Wildman–Crippen MR) is 74.7 cm³/mol. The predicted octanol–water partition coefficient (Wildman–Crippen LogP) is 4.15. The van der Waals surface area contributed by atoms with Crippen molar-refractivity contribution in [2.75, 3.05) is 19.7 Å². The molecule has 0 unspecified atom stereocenters. The molecule has 120 valence electrons. The third-order valence-electron chi connectivity index (χ3n) is 4.30. The van der Waals surface area contributed by atoms with Crippen molar-refractivity contribution < 1.29 is 17.9 Å². The minimum absolute atomic E-state index is 0.529. The highest BCUT2D eigenvalue weighted by Crippen LogP contribution is 2.38. The normalized spacial score (nSPS) is 28.1. The number of hydrogen-bond donors (Lipinski definition) is 1. The second-order valence-electron chi connectivity index (χ2n) is 6.35. The molecule has 0 saturated heterocycles. The van der Waals surface area contributed by atoms with Crippen LogP contribution in [-0.4, -0.2) is 31.5 Å². The summed E-state index contributed by atoms with van der Waals surface area (Å²) in [6.45, 7) is 6.64. The number of ether oxygens (including phenoxy) is 1. The lowest BCUT2D eigenvalue weighted by atomic mass is 9.74. The van der Waals surface area contributed by atoms with Gasteiger partial charge in [0.1, 0.15) is 6.61 Å². The zero-order valence-corrected chi connectivity index (χ0v) is 12.9. The zero-order valence-electron chi connectivity index (χ0n) is 12.9. The number of halogens is 3. The van der Waals surface area contributed by atoms with Crippen molar-refractivity contribution in [1.82, 2.24) is 5.32 Å². The maximum atomic E-state index is 12.4. The van der Waals surface area contributed by atoms with Crippen LogP contribution in [0.2, 0.25) is 0 Å². The maximum Gasteiger partial charge on any atom is 0.411 e. The van der Waals surface area contributed by atoms with Crippen LogP contribution in [0.4, 0.5) is 13.2 Å². The number of hydrogen-bond acceptors (Lipinski definition) is 2. The Morgan fingerprint density at radius 2 is 1.85 bits per heavy atom. The molecule has 1 aliphatic carbocycles. The summed E-state index contributed by atoms with van der Waals surface area (Å²) in [7, 11) is 0. The highest BCUT2D eigenvalue weighted by atomic mass is 19.4. The van der Waals surface area contributed by atoms with Gasteiger partial charge in [-0.2, -0.15) is 13.2 Å². The molecule has 20 heavy (non-hydrogen) atoms. The molecule has 0 heterocycles. The number of nitrogens with one attached hydrogen (secondary N) is 1.